The van der Waals surface area contributed by atoms with Gasteiger partial charge in [0, 0.05) is 18.2 Å². The van der Waals surface area contributed by atoms with E-state index >= 15 is 0 Å². The van der Waals surface area contributed by atoms with Gasteiger partial charge in [0.15, 0.2) is 0 Å². The number of anilines is 1. The number of pyridine rings is 1. The minimum atomic E-state index is -5.28. The van der Waals surface area contributed by atoms with Crippen molar-refractivity contribution in [3.8, 4) is 5.88 Å². The van der Waals surface area contributed by atoms with Crippen molar-refractivity contribution in [3.63, 3.8) is 0 Å². The van der Waals surface area contributed by atoms with E-state index in [4.69, 9.17) is 9.47 Å². The molecule has 3 aromatic rings. The Morgan fingerprint density at radius 2 is 1.46 bits per heavy atom. The van der Waals surface area contributed by atoms with E-state index in [1.54, 1.807) is 0 Å². The molecule has 17 heteroatoms. The fourth-order valence-electron chi connectivity index (χ4n) is 5.29. The minimum Gasteiger partial charge on any atom is -0.481 e. The normalized spacial score (nSPS) is 16.9. The molecule has 7 nitrogen and oxygen atoms in total. The summed E-state index contributed by atoms with van der Waals surface area (Å²) in [6.07, 6.45) is -18.0. The number of hydrogen-bond acceptors (Lipinski definition) is 5. The van der Waals surface area contributed by atoms with Crippen molar-refractivity contribution in [2.75, 3.05) is 12.0 Å². The predicted molar refractivity (Wildman–Crippen MR) is 149 cm³/mol. The van der Waals surface area contributed by atoms with E-state index in [-0.39, 0.29) is 48.3 Å². The van der Waals surface area contributed by atoms with Gasteiger partial charge in [0.1, 0.15) is 11.5 Å². The highest BCUT2D eigenvalue weighted by Gasteiger charge is 2.49. The average molecular weight is 696 g/mol. The maximum Gasteiger partial charge on any atom is 0.416 e. The summed E-state index contributed by atoms with van der Waals surface area (Å²) in [5.74, 6) is -2.83. The number of halogens is 10. The number of aromatic nitrogens is 1. The standard InChI is InChI=1S/C31H27F10N3O4/c1-16(2)48-27(46)44-24-5-6-25(47-4)42-23(24)7-8-28(44,3)43(26(45)18-11-21(31(39,40)41)14-22(32)12-18)15-17-9-19(29(33,34)35)13-20(10-17)30(36,37)38/h5-6,9-14,16H,7-8,15H2,1-4H3. The van der Waals surface area contributed by atoms with Gasteiger partial charge in [-0.2, -0.15) is 39.5 Å². The number of methoxy groups -OCH3 is 1. The number of carbonyl (C=O) groups excluding carboxylic acids is 2. The Labute approximate surface area is 267 Å². The van der Waals surface area contributed by atoms with Crippen LogP contribution in [0.3, 0.4) is 0 Å². The van der Waals surface area contributed by atoms with Crippen LogP contribution in [0.1, 0.15) is 65.5 Å². The first-order valence-corrected chi connectivity index (χ1v) is 14.1. The molecular formula is C31H27F10N3O4. The first-order valence-electron chi connectivity index (χ1n) is 14.1. The number of benzene rings is 2. The summed E-state index contributed by atoms with van der Waals surface area (Å²) in [7, 11) is 1.31. The summed E-state index contributed by atoms with van der Waals surface area (Å²) in [6.45, 7) is 3.07. The predicted octanol–water partition coefficient (Wildman–Crippen LogP) is 8.64. The number of hydrogen-bond donors (Lipinski definition) is 0. The Morgan fingerprint density at radius 1 is 0.896 bits per heavy atom. The molecule has 2 amide bonds. The van der Waals surface area contributed by atoms with Crippen molar-refractivity contribution in [1.82, 2.24) is 9.88 Å². The van der Waals surface area contributed by atoms with Crippen LogP contribution < -0.4 is 9.64 Å². The number of ether oxygens (including phenoxy) is 2. The van der Waals surface area contributed by atoms with E-state index in [0.29, 0.717) is 23.1 Å². The molecule has 1 atom stereocenters. The summed E-state index contributed by atoms with van der Waals surface area (Å²) in [5.41, 5.74) is -8.54. The van der Waals surface area contributed by atoms with Gasteiger partial charge in [-0.3, -0.25) is 9.69 Å². The number of nitrogens with zero attached hydrogens (tertiary/aromatic N) is 3. The van der Waals surface area contributed by atoms with Gasteiger partial charge in [-0.1, -0.05) is 0 Å². The minimum absolute atomic E-state index is 0.00301. The van der Waals surface area contributed by atoms with Crippen LogP contribution in [0.25, 0.3) is 0 Å². The lowest BCUT2D eigenvalue weighted by Gasteiger charge is -2.51. The summed E-state index contributed by atoms with van der Waals surface area (Å²) in [6, 6.07) is 4.04. The average Bonchev–Trinajstić information content (AvgIpc) is 2.97. The van der Waals surface area contributed by atoms with Gasteiger partial charge in [-0.15, -0.1) is 0 Å². The van der Waals surface area contributed by atoms with Gasteiger partial charge in [0.05, 0.1) is 41.3 Å². The van der Waals surface area contributed by atoms with Crippen molar-refractivity contribution < 1.29 is 63.0 Å². The van der Waals surface area contributed by atoms with Crippen molar-refractivity contribution in [1.29, 1.82) is 0 Å². The van der Waals surface area contributed by atoms with Gasteiger partial charge in [0.25, 0.3) is 5.91 Å². The highest BCUT2D eigenvalue weighted by molar-refractivity contribution is 5.97. The Morgan fingerprint density at radius 3 is 1.98 bits per heavy atom. The second-order valence-corrected chi connectivity index (χ2v) is 11.3. The highest BCUT2D eigenvalue weighted by Crippen LogP contribution is 2.43. The van der Waals surface area contributed by atoms with E-state index in [9.17, 15) is 53.5 Å². The second-order valence-electron chi connectivity index (χ2n) is 11.3. The highest BCUT2D eigenvalue weighted by atomic mass is 19.4. The molecule has 48 heavy (non-hydrogen) atoms. The van der Waals surface area contributed by atoms with E-state index in [0.717, 1.165) is 4.90 Å². The number of rotatable bonds is 6. The Bertz CT molecular complexity index is 1670. The van der Waals surface area contributed by atoms with Gasteiger partial charge < -0.3 is 14.4 Å². The SMILES string of the molecule is COc1ccc2c(n1)CCC(C)(N(Cc1cc(C(F)(F)F)cc(C(F)(F)F)c1)C(=O)c1cc(F)cc(C(F)(F)F)c1)N2C(=O)OC(C)C. The molecule has 1 aliphatic rings. The third-order valence-corrected chi connectivity index (χ3v) is 7.50. The quantitative estimate of drug-likeness (QED) is 0.242. The Balaban J connectivity index is 1.99. The molecule has 0 N–H and O–H groups in total. The lowest BCUT2D eigenvalue weighted by molar-refractivity contribution is -0.143. The molecule has 0 aliphatic carbocycles. The molecule has 2 aromatic carbocycles. The molecule has 4 rings (SSSR count). The molecule has 1 aromatic heterocycles. The monoisotopic (exact) mass is 695 g/mol. The second kappa shape index (κ2) is 12.8. The molecule has 1 aliphatic heterocycles. The molecule has 2 heterocycles. The molecular weight excluding hydrogens is 668 g/mol. The lowest BCUT2D eigenvalue weighted by Crippen LogP contribution is -2.64. The lowest BCUT2D eigenvalue weighted by atomic mass is 9.91. The summed E-state index contributed by atoms with van der Waals surface area (Å²) < 4.78 is 148. The van der Waals surface area contributed by atoms with Crippen LogP contribution in [0.4, 0.5) is 54.4 Å². The topological polar surface area (TPSA) is 72.0 Å². The zero-order chi connectivity index (χ0) is 36.0. The molecule has 0 spiro atoms. The van der Waals surface area contributed by atoms with Crippen LogP contribution in [0.15, 0.2) is 48.5 Å². The first-order chi connectivity index (χ1) is 22.0. The molecule has 0 saturated heterocycles. The summed E-state index contributed by atoms with van der Waals surface area (Å²) in [4.78, 5) is 33.6. The third-order valence-electron chi connectivity index (χ3n) is 7.50. The van der Waals surface area contributed by atoms with E-state index < -0.39 is 82.5 Å². The van der Waals surface area contributed by atoms with Crippen LogP contribution in [0.2, 0.25) is 0 Å². The number of fused-ring (bicyclic) bond motifs is 1. The number of alkyl halides is 9. The van der Waals surface area contributed by atoms with Crippen molar-refractivity contribution in [2.24, 2.45) is 0 Å². The van der Waals surface area contributed by atoms with Gasteiger partial charge in [0.2, 0.25) is 5.88 Å². The maximum absolute atomic E-state index is 14.5. The van der Waals surface area contributed by atoms with Crippen molar-refractivity contribution in [2.45, 2.75) is 70.5 Å². The number of aryl methyl sites for hydroxylation is 1. The first kappa shape index (κ1) is 36.3. The van der Waals surface area contributed by atoms with Crippen LogP contribution in [-0.4, -0.2) is 40.8 Å². The zero-order valence-corrected chi connectivity index (χ0v) is 25.6. The third kappa shape index (κ3) is 7.59. The molecule has 0 bridgehead atoms. The van der Waals surface area contributed by atoms with Crippen molar-refractivity contribution >= 4 is 17.7 Å². The van der Waals surface area contributed by atoms with Crippen LogP contribution in [0, 0.1) is 5.82 Å². The Kier molecular flexibility index (Phi) is 9.67. The number of carbonyl (C=O) groups is 2. The van der Waals surface area contributed by atoms with Gasteiger partial charge >= 0.3 is 24.6 Å². The fraction of sp³-hybridized carbons (Fsp3) is 0.387. The van der Waals surface area contributed by atoms with Crippen molar-refractivity contribution in [3.05, 3.63) is 87.9 Å². The Hall–Kier alpha value is -4.57. The molecule has 0 fully saturated rings. The van der Waals surface area contributed by atoms with E-state index in [2.05, 4.69) is 4.98 Å². The largest absolute Gasteiger partial charge is 0.481 e. The van der Waals surface area contributed by atoms with Gasteiger partial charge in [-0.25, -0.2) is 14.2 Å². The molecule has 0 saturated carbocycles. The number of amides is 2. The van der Waals surface area contributed by atoms with E-state index in [1.807, 2.05) is 0 Å². The molecule has 260 valence electrons. The summed E-state index contributed by atoms with van der Waals surface area (Å²) >= 11 is 0. The smallest absolute Gasteiger partial charge is 0.416 e. The molecule has 0 radical (unpaired) electrons. The maximum atomic E-state index is 14.5. The van der Waals surface area contributed by atoms with Gasteiger partial charge in [-0.05, 0) is 81.6 Å². The van der Waals surface area contributed by atoms with E-state index in [1.165, 1.54) is 40.0 Å². The zero-order valence-electron chi connectivity index (χ0n) is 25.6. The summed E-state index contributed by atoms with van der Waals surface area (Å²) in [5, 5.41) is 0. The molecule has 1 unspecified atom stereocenters. The van der Waals surface area contributed by atoms with Crippen LogP contribution in [-0.2, 0) is 36.2 Å². The fourth-order valence-corrected chi connectivity index (χ4v) is 5.29. The van der Waals surface area contributed by atoms with Crippen LogP contribution >= 0.6 is 0 Å². The van der Waals surface area contributed by atoms with Crippen LogP contribution in [0.5, 0.6) is 5.88 Å².